The summed E-state index contributed by atoms with van der Waals surface area (Å²) in [6, 6.07) is 4.70. The molecule has 0 atom stereocenters. The first-order chi connectivity index (χ1) is 6.74. The van der Waals surface area contributed by atoms with Gasteiger partial charge in [-0.15, -0.1) is 0 Å². The third-order valence-corrected chi connectivity index (χ3v) is 1.96. The molecular weight excluding hydrogens is 184 g/mol. The molecule has 0 aliphatic heterocycles. The highest BCUT2D eigenvalue weighted by molar-refractivity contribution is 6.08. The number of fused-ring (bicyclic) bond motifs is 1. The van der Waals surface area contributed by atoms with Crippen LogP contribution in [0, 0.1) is 0 Å². The number of aromatic amines is 1. The summed E-state index contributed by atoms with van der Waals surface area (Å²) in [5.74, 6) is -1.07. The van der Waals surface area contributed by atoms with Crippen molar-refractivity contribution in [2.45, 2.75) is 0 Å². The third kappa shape index (κ3) is 1.06. The van der Waals surface area contributed by atoms with Crippen LogP contribution in [0.4, 0.5) is 0 Å². The number of aromatic nitrogens is 2. The monoisotopic (exact) mass is 190 g/mol. The van der Waals surface area contributed by atoms with Crippen LogP contribution in [-0.4, -0.2) is 27.6 Å². The van der Waals surface area contributed by atoms with Gasteiger partial charge in [-0.05, 0) is 12.1 Å². The standard InChI is InChI=1S/C9H6N2O3/c12-4-7-8-5(9(13)14)2-1-3-6(8)10-11-7/h1-4H,(H,10,11)(H,13,14). The Morgan fingerprint density at radius 3 is 2.93 bits per heavy atom. The number of benzene rings is 1. The van der Waals surface area contributed by atoms with Gasteiger partial charge in [-0.1, -0.05) is 6.07 Å². The molecule has 14 heavy (non-hydrogen) atoms. The van der Waals surface area contributed by atoms with Gasteiger partial charge in [-0.3, -0.25) is 9.89 Å². The summed E-state index contributed by atoms with van der Waals surface area (Å²) >= 11 is 0. The van der Waals surface area contributed by atoms with E-state index in [-0.39, 0.29) is 11.3 Å². The fourth-order valence-corrected chi connectivity index (χ4v) is 1.36. The number of carboxylic acid groups (broad SMARTS) is 1. The first-order valence-corrected chi connectivity index (χ1v) is 3.89. The van der Waals surface area contributed by atoms with Crippen LogP contribution in [-0.2, 0) is 0 Å². The molecule has 0 saturated carbocycles. The first-order valence-electron chi connectivity index (χ1n) is 3.89. The van der Waals surface area contributed by atoms with E-state index in [1.807, 2.05) is 0 Å². The predicted octanol–water partition coefficient (Wildman–Crippen LogP) is 1.07. The number of H-pyrrole nitrogens is 1. The summed E-state index contributed by atoms with van der Waals surface area (Å²) in [6.45, 7) is 0. The average Bonchev–Trinajstić information content (AvgIpc) is 2.59. The fraction of sp³-hybridized carbons (Fsp3) is 0. The molecule has 1 aromatic carbocycles. The molecule has 2 rings (SSSR count). The molecule has 0 fully saturated rings. The lowest BCUT2D eigenvalue weighted by atomic mass is 10.1. The van der Waals surface area contributed by atoms with E-state index in [1.54, 1.807) is 12.1 Å². The molecule has 0 saturated heterocycles. The highest BCUT2D eigenvalue weighted by Gasteiger charge is 2.13. The molecule has 0 amide bonds. The van der Waals surface area contributed by atoms with E-state index >= 15 is 0 Å². The topological polar surface area (TPSA) is 83.0 Å². The molecule has 0 unspecified atom stereocenters. The van der Waals surface area contributed by atoms with E-state index < -0.39 is 5.97 Å². The molecule has 1 heterocycles. The zero-order valence-corrected chi connectivity index (χ0v) is 7.02. The second-order valence-corrected chi connectivity index (χ2v) is 2.76. The number of rotatable bonds is 2. The van der Waals surface area contributed by atoms with Crippen molar-refractivity contribution < 1.29 is 14.7 Å². The average molecular weight is 190 g/mol. The van der Waals surface area contributed by atoms with Crippen molar-refractivity contribution in [2.75, 3.05) is 0 Å². The van der Waals surface area contributed by atoms with Crippen LogP contribution in [0.3, 0.4) is 0 Å². The van der Waals surface area contributed by atoms with Crippen LogP contribution < -0.4 is 0 Å². The normalized spacial score (nSPS) is 10.3. The van der Waals surface area contributed by atoms with Gasteiger partial charge >= 0.3 is 5.97 Å². The van der Waals surface area contributed by atoms with E-state index in [4.69, 9.17) is 5.11 Å². The number of carboxylic acids is 1. The lowest BCUT2D eigenvalue weighted by molar-refractivity contribution is 0.0699. The van der Waals surface area contributed by atoms with Crippen LogP contribution in [0.25, 0.3) is 10.9 Å². The molecule has 2 aromatic rings. The van der Waals surface area contributed by atoms with Crippen LogP contribution in [0.15, 0.2) is 18.2 Å². The Kier molecular flexibility index (Phi) is 1.78. The van der Waals surface area contributed by atoms with Gasteiger partial charge in [0.25, 0.3) is 0 Å². The van der Waals surface area contributed by atoms with Gasteiger partial charge in [-0.2, -0.15) is 5.10 Å². The number of hydrogen-bond acceptors (Lipinski definition) is 3. The second-order valence-electron chi connectivity index (χ2n) is 2.76. The SMILES string of the molecule is O=Cc1n[nH]c2cccc(C(=O)O)c12. The molecule has 5 heteroatoms. The Morgan fingerprint density at radius 2 is 2.29 bits per heavy atom. The molecule has 70 valence electrons. The molecule has 1 aromatic heterocycles. The predicted molar refractivity (Wildman–Crippen MR) is 48.4 cm³/mol. The van der Waals surface area contributed by atoms with Gasteiger partial charge in [0, 0.05) is 5.39 Å². The van der Waals surface area contributed by atoms with Crippen molar-refractivity contribution in [3.8, 4) is 0 Å². The first kappa shape index (κ1) is 8.43. The van der Waals surface area contributed by atoms with Crippen LogP contribution in [0.5, 0.6) is 0 Å². The Bertz CT molecular complexity index is 516. The fourth-order valence-electron chi connectivity index (χ4n) is 1.36. The van der Waals surface area contributed by atoms with E-state index in [1.165, 1.54) is 6.07 Å². The van der Waals surface area contributed by atoms with E-state index in [0.29, 0.717) is 17.2 Å². The molecule has 0 bridgehead atoms. The summed E-state index contributed by atoms with van der Waals surface area (Å²) in [5.41, 5.74) is 0.753. The van der Waals surface area contributed by atoms with E-state index in [9.17, 15) is 9.59 Å². The third-order valence-electron chi connectivity index (χ3n) is 1.96. The smallest absolute Gasteiger partial charge is 0.336 e. The molecule has 0 spiro atoms. The van der Waals surface area contributed by atoms with E-state index in [0.717, 1.165) is 0 Å². The lowest BCUT2D eigenvalue weighted by Gasteiger charge is -1.95. The van der Waals surface area contributed by atoms with Gasteiger partial charge in [0.05, 0.1) is 11.1 Å². The van der Waals surface area contributed by atoms with Crippen molar-refractivity contribution in [3.63, 3.8) is 0 Å². The van der Waals surface area contributed by atoms with Crippen molar-refractivity contribution >= 4 is 23.2 Å². The summed E-state index contributed by atoms with van der Waals surface area (Å²) < 4.78 is 0. The number of carbonyl (C=O) groups excluding carboxylic acids is 1. The van der Waals surface area contributed by atoms with Gasteiger partial charge in [0.2, 0.25) is 0 Å². The zero-order chi connectivity index (χ0) is 10.1. The Hall–Kier alpha value is -2.17. The summed E-state index contributed by atoms with van der Waals surface area (Å²) in [6.07, 6.45) is 0.533. The minimum atomic E-state index is -1.07. The molecular formula is C9H6N2O3. The number of aldehydes is 1. The van der Waals surface area contributed by atoms with Gasteiger partial charge in [0.1, 0.15) is 5.69 Å². The maximum atomic E-state index is 10.8. The number of nitrogens with zero attached hydrogens (tertiary/aromatic N) is 1. The summed E-state index contributed by atoms with van der Waals surface area (Å²) in [7, 11) is 0. The minimum absolute atomic E-state index is 0.0818. The van der Waals surface area contributed by atoms with Crippen molar-refractivity contribution in [2.24, 2.45) is 0 Å². The van der Waals surface area contributed by atoms with E-state index in [2.05, 4.69) is 10.2 Å². The largest absolute Gasteiger partial charge is 0.478 e. The Balaban J connectivity index is 2.88. The zero-order valence-electron chi connectivity index (χ0n) is 7.02. The lowest BCUT2D eigenvalue weighted by Crippen LogP contribution is -1.97. The van der Waals surface area contributed by atoms with Crippen LogP contribution in [0.2, 0.25) is 0 Å². The van der Waals surface area contributed by atoms with Gasteiger partial charge in [0.15, 0.2) is 6.29 Å². The highest BCUT2D eigenvalue weighted by atomic mass is 16.4. The van der Waals surface area contributed by atoms with Crippen LogP contribution in [0.1, 0.15) is 20.8 Å². The maximum absolute atomic E-state index is 10.8. The number of carbonyl (C=O) groups is 2. The molecule has 2 N–H and O–H groups in total. The quantitative estimate of drug-likeness (QED) is 0.694. The highest BCUT2D eigenvalue weighted by Crippen LogP contribution is 2.19. The minimum Gasteiger partial charge on any atom is -0.478 e. The molecule has 0 aliphatic carbocycles. The van der Waals surface area contributed by atoms with Gasteiger partial charge in [-0.25, -0.2) is 4.79 Å². The number of nitrogens with one attached hydrogen (secondary N) is 1. The second kappa shape index (κ2) is 2.95. The molecule has 5 nitrogen and oxygen atoms in total. The number of hydrogen-bond donors (Lipinski definition) is 2. The van der Waals surface area contributed by atoms with Gasteiger partial charge < -0.3 is 5.11 Å². The summed E-state index contributed by atoms with van der Waals surface area (Å²) in [5, 5.41) is 15.5. The molecule has 0 aliphatic rings. The summed E-state index contributed by atoms with van der Waals surface area (Å²) in [4.78, 5) is 21.4. The van der Waals surface area contributed by atoms with Crippen molar-refractivity contribution in [1.29, 1.82) is 0 Å². The van der Waals surface area contributed by atoms with Crippen molar-refractivity contribution in [1.82, 2.24) is 10.2 Å². The molecule has 0 radical (unpaired) electrons. The number of aromatic carboxylic acids is 1. The maximum Gasteiger partial charge on any atom is 0.336 e. The van der Waals surface area contributed by atoms with Crippen molar-refractivity contribution in [3.05, 3.63) is 29.5 Å². The van der Waals surface area contributed by atoms with Crippen LogP contribution >= 0.6 is 0 Å². The Labute approximate surface area is 78.4 Å². The Morgan fingerprint density at radius 1 is 1.50 bits per heavy atom.